The van der Waals surface area contributed by atoms with Crippen molar-refractivity contribution in [1.82, 2.24) is 0 Å². The van der Waals surface area contributed by atoms with E-state index in [9.17, 15) is 4.79 Å². The van der Waals surface area contributed by atoms with E-state index in [2.05, 4.69) is 28.9 Å². The highest BCUT2D eigenvalue weighted by molar-refractivity contribution is 9.10. The molecule has 0 aliphatic carbocycles. The molecule has 0 bridgehead atoms. The maximum Gasteiger partial charge on any atom is 0.258 e. The average molecular weight is 330 g/mol. The van der Waals surface area contributed by atoms with Crippen LogP contribution in [0.4, 0.5) is 5.69 Å². The number of anilines is 1. The van der Waals surface area contributed by atoms with Crippen molar-refractivity contribution < 1.29 is 4.79 Å². The van der Waals surface area contributed by atoms with Gasteiger partial charge in [-0.05, 0) is 55.7 Å². The largest absolute Gasteiger partial charge is 0.305 e. The molecule has 0 radical (unpaired) electrons. The number of carbonyl (C=O) groups is 1. The lowest BCUT2D eigenvalue weighted by Crippen LogP contribution is -2.35. The zero-order chi connectivity index (χ0) is 14.3. The van der Waals surface area contributed by atoms with Crippen molar-refractivity contribution in [2.45, 2.75) is 26.3 Å². The van der Waals surface area contributed by atoms with E-state index in [0.29, 0.717) is 0 Å². The molecule has 2 aromatic rings. The molecule has 1 aliphatic rings. The Labute approximate surface area is 127 Å². The van der Waals surface area contributed by atoms with Crippen LogP contribution in [0.2, 0.25) is 0 Å². The molecule has 1 atom stereocenters. The van der Waals surface area contributed by atoms with Gasteiger partial charge in [-0.3, -0.25) is 4.79 Å². The van der Waals surface area contributed by atoms with Gasteiger partial charge in [0, 0.05) is 21.8 Å². The summed E-state index contributed by atoms with van der Waals surface area (Å²) in [7, 11) is 0. The molecule has 20 heavy (non-hydrogen) atoms. The molecule has 0 saturated heterocycles. The van der Waals surface area contributed by atoms with Gasteiger partial charge in [0.05, 0.1) is 0 Å². The van der Waals surface area contributed by atoms with Gasteiger partial charge in [0.25, 0.3) is 5.91 Å². The Balaban J connectivity index is 2.00. The van der Waals surface area contributed by atoms with Gasteiger partial charge in [0.15, 0.2) is 0 Å². The molecule has 0 spiro atoms. The molecule has 0 fully saturated rings. The van der Waals surface area contributed by atoms with E-state index in [4.69, 9.17) is 0 Å². The van der Waals surface area contributed by atoms with Gasteiger partial charge >= 0.3 is 0 Å². The van der Waals surface area contributed by atoms with Crippen LogP contribution in [0.1, 0.15) is 28.4 Å². The van der Waals surface area contributed by atoms with E-state index >= 15 is 0 Å². The molecular formula is C17H16BrNO. The second kappa shape index (κ2) is 5.06. The number of halogens is 1. The Morgan fingerprint density at radius 1 is 1.25 bits per heavy atom. The van der Waals surface area contributed by atoms with Gasteiger partial charge in [-0.15, -0.1) is 0 Å². The van der Waals surface area contributed by atoms with E-state index in [1.165, 1.54) is 5.56 Å². The van der Waals surface area contributed by atoms with Crippen molar-refractivity contribution in [2.75, 3.05) is 4.90 Å². The Morgan fingerprint density at radius 3 is 2.75 bits per heavy atom. The first-order chi connectivity index (χ1) is 9.58. The molecule has 1 aliphatic heterocycles. The van der Waals surface area contributed by atoms with Gasteiger partial charge in [-0.25, -0.2) is 0 Å². The summed E-state index contributed by atoms with van der Waals surface area (Å²) in [5.74, 6) is 0.0815. The molecule has 2 aromatic carbocycles. The predicted molar refractivity (Wildman–Crippen MR) is 85.3 cm³/mol. The highest BCUT2D eigenvalue weighted by Crippen LogP contribution is 2.33. The Bertz CT molecular complexity index is 680. The number of aryl methyl sites for hydroxylation is 1. The third-order valence-electron chi connectivity index (χ3n) is 3.83. The van der Waals surface area contributed by atoms with Gasteiger partial charge < -0.3 is 4.90 Å². The molecule has 0 N–H and O–H groups in total. The number of para-hydroxylation sites is 1. The second-order valence-corrected chi connectivity index (χ2v) is 6.18. The zero-order valence-corrected chi connectivity index (χ0v) is 13.1. The monoisotopic (exact) mass is 329 g/mol. The summed E-state index contributed by atoms with van der Waals surface area (Å²) < 4.78 is 1.03. The molecule has 3 rings (SSSR count). The molecule has 1 unspecified atom stereocenters. The highest BCUT2D eigenvalue weighted by atomic mass is 79.9. The minimum atomic E-state index is 0.0815. The number of benzene rings is 2. The standard InChI is InChI=1S/C17H16BrNO/c1-11-9-14(7-8-15(11)18)17(20)19-12(2)10-13-5-3-4-6-16(13)19/h3-9,12H,10H2,1-2H3. The fourth-order valence-electron chi connectivity index (χ4n) is 2.79. The van der Waals surface area contributed by atoms with Crippen LogP contribution in [0, 0.1) is 6.92 Å². The highest BCUT2D eigenvalue weighted by Gasteiger charge is 2.31. The summed E-state index contributed by atoms with van der Waals surface area (Å²) in [4.78, 5) is 14.7. The lowest BCUT2D eigenvalue weighted by atomic mass is 10.1. The first-order valence-electron chi connectivity index (χ1n) is 6.75. The molecule has 0 saturated carbocycles. The molecule has 0 aromatic heterocycles. The van der Waals surface area contributed by atoms with Crippen LogP contribution in [0.5, 0.6) is 0 Å². The third kappa shape index (κ3) is 2.16. The number of carbonyl (C=O) groups excluding carboxylic acids is 1. The van der Waals surface area contributed by atoms with Crippen LogP contribution in [-0.4, -0.2) is 11.9 Å². The van der Waals surface area contributed by atoms with E-state index in [-0.39, 0.29) is 11.9 Å². The van der Waals surface area contributed by atoms with Crippen molar-refractivity contribution in [3.63, 3.8) is 0 Å². The Kier molecular flexibility index (Phi) is 3.38. The van der Waals surface area contributed by atoms with E-state index in [1.807, 2.05) is 48.2 Å². The van der Waals surface area contributed by atoms with E-state index in [0.717, 1.165) is 27.7 Å². The van der Waals surface area contributed by atoms with Crippen molar-refractivity contribution in [1.29, 1.82) is 0 Å². The number of rotatable bonds is 1. The van der Waals surface area contributed by atoms with Gasteiger partial charge in [0.1, 0.15) is 0 Å². The minimum Gasteiger partial charge on any atom is -0.305 e. The Morgan fingerprint density at radius 2 is 2.00 bits per heavy atom. The van der Waals surface area contributed by atoms with Crippen LogP contribution in [-0.2, 0) is 6.42 Å². The predicted octanol–water partition coefficient (Wildman–Crippen LogP) is 4.35. The van der Waals surface area contributed by atoms with E-state index in [1.54, 1.807) is 0 Å². The fraction of sp³-hybridized carbons (Fsp3) is 0.235. The third-order valence-corrected chi connectivity index (χ3v) is 4.72. The van der Waals surface area contributed by atoms with E-state index < -0.39 is 0 Å². The molecule has 3 heteroatoms. The van der Waals surface area contributed by atoms with Gasteiger partial charge in [-0.2, -0.15) is 0 Å². The molecular weight excluding hydrogens is 314 g/mol. The molecule has 1 amide bonds. The Hall–Kier alpha value is -1.61. The lowest BCUT2D eigenvalue weighted by Gasteiger charge is -2.23. The number of hydrogen-bond donors (Lipinski definition) is 0. The van der Waals surface area contributed by atoms with Crippen LogP contribution < -0.4 is 4.90 Å². The summed E-state index contributed by atoms with van der Waals surface area (Å²) in [6.07, 6.45) is 0.928. The first-order valence-corrected chi connectivity index (χ1v) is 7.55. The average Bonchev–Trinajstić information content (AvgIpc) is 2.77. The summed E-state index contributed by atoms with van der Waals surface area (Å²) >= 11 is 3.47. The zero-order valence-electron chi connectivity index (χ0n) is 11.6. The summed E-state index contributed by atoms with van der Waals surface area (Å²) in [5, 5.41) is 0. The van der Waals surface area contributed by atoms with Crippen LogP contribution in [0.15, 0.2) is 46.9 Å². The SMILES string of the molecule is Cc1cc(C(=O)N2c3ccccc3CC2C)ccc1Br. The van der Waals surface area contributed by atoms with Crippen molar-refractivity contribution in [3.05, 3.63) is 63.6 Å². The molecule has 102 valence electrons. The van der Waals surface area contributed by atoms with Crippen LogP contribution >= 0.6 is 15.9 Å². The number of fused-ring (bicyclic) bond motifs is 1. The summed E-state index contributed by atoms with van der Waals surface area (Å²) in [6, 6.07) is 14.1. The second-order valence-electron chi connectivity index (χ2n) is 5.32. The normalized spacial score (nSPS) is 17.1. The van der Waals surface area contributed by atoms with Crippen molar-refractivity contribution in [3.8, 4) is 0 Å². The van der Waals surface area contributed by atoms with Crippen molar-refractivity contribution in [2.24, 2.45) is 0 Å². The minimum absolute atomic E-state index is 0.0815. The van der Waals surface area contributed by atoms with Gasteiger partial charge in [0.2, 0.25) is 0 Å². The number of nitrogens with zero attached hydrogens (tertiary/aromatic N) is 1. The smallest absolute Gasteiger partial charge is 0.258 e. The van der Waals surface area contributed by atoms with Crippen LogP contribution in [0.3, 0.4) is 0 Å². The first kappa shape index (κ1) is 13.4. The van der Waals surface area contributed by atoms with Crippen molar-refractivity contribution >= 4 is 27.5 Å². The lowest BCUT2D eigenvalue weighted by molar-refractivity contribution is 0.0981. The maximum absolute atomic E-state index is 12.8. The number of amides is 1. The molecule has 2 nitrogen and oxygen atoms in total. The summed E-state index contributed by atoms with van der Waals surface area (Å²) in [5.41, 5.74) is 4.12. The maximum atomic E-state index is 12.8. The molecule has 1 heterocycles. The number of hydrogen-bond acceptors (Lipinski definition) is 1. The quantitative estimate of drug-likeness (QED) is 0.761. The topological polar surface area (TPSA) is 20.3 Å². The summed E-state index contributed by atoms with van der Waals surface area (Å²) in [6.45, 7) is 4.10. The fourth-order valence-corrected chi connectivity index (χ4v) is 3.04. The van der Waals surface area contributed by atoms with Gasteiger partial charge in [-0.1, -0.05) is 34.1 Å². The van der Waals surface area contributed by atoms with Crippen LogP contribution in [0.25, 0.3) is 0 Å².